The number of nitrogens with zero attached hydrogens (tertiary/aromatic N) is 3. The first-order valence-electron chi connectivity index (χ1n) is 5.79. The zero-order valence-corrected chi connectivity index (χ0v) is 9.57. The summed E-state index contributed by atoms with van der Waals surface area (Å²) in [5.41, 5.74) is 0. The molecule has 1 aromatic rings. The van der Waals surface area contributed by atoms with Crippen LogP contribution in [0.25, 0.3) is 0 Å². The molecule has 1 aliphatic heterocycles. The number of hydrogen-bond acceptors (Lipinski definition) is 4. The predicted octanol–water partition coefficient (Wildman–Crippen LogP) is 2.00. The Hall–Kier alpha value is -0.900. The zero-order valence-electron chi connectivity index (χ0n) is 9.57. The van der Waals surface area contributed by atoms with Gasteiger partial charge in [0.25, 0.3) is 0 Å². The number of aromatic nitrogens is 2. The van der Waals surface area contributed by atoms with Gasteiger partial charge in [0.2, 0.25) is 5.89 Å². The summed E-state index contributed by atoms with van der Waals surface area (Å²) in [5.74, 6) is 2.40. The molecular formula is C11H19N3O. The molecule has 4 nitrogen and oxygen atoms in total. The summed E-state index contributed by atoms with van der Waals surface area (Å²) in [6.45, 7) is 7.29. The molecular weight excluding hydrogens is 190 g/mol. The summed E-state index contributed by atoms with van der Waals surface area (Å²) in [6.07, 6.45) is 3.93. The second kappa shape index (κ2) is 4.75. The Labute approximate surface area is 90.7 Å². The fourth-order valence-corrected chi connectivity index (χ4v) is 2.15. The third-order valence-electron chi connectivity index (χ3n) is 3.21. The molecule has 4 heteroatoms. The molecule has 0 radical (unpaired) electrons. The van der Waals surface area contributed by atoms with E-state index < -0.39 is 0 Å². The van der Waals surface area contributed by atoms with Gasteiger partial charge in [-0.3, -0.25) is 4.90 Å². The lowest BCUT2D eigenvalue weighted by Gasteiger charge is -2.30. The second-order valence-corrected chi connectivity index (χ2v) is 4.36. The SMILES string of the molecule is CCC1CCN(Cc2nc(C)no2)CC1. The van der Waals surface area contributed by atoms with Crippen molar-refractivity contribution in [1.29, 1.82) is 0 Å². The Morgan fingerprint density at radius 3 is 2.67 bits per heavy atom. The van der Waals surface area contributed by atoms with Crippen LogP contribution in [0.5, 0.6) is 0 Å². The minimum Gasteiger partial charge on any atom is -0.338 e. The number of aryl methyl sites for hydroxylation is 1. The summed E-state index contributed by atoms with van der Waals surface area (Å²) in [6, 6.07) is 0. The maximum Gasteiger partial charge on any atom is 0.240 e. The normalized spacial score (nSPS) is 19.6. The van der Waals surface area contributed by atoms with Crippen LogP contribution in [0.2, 0.25) is 0 Å². The van der Waals surface area contributed by atoms with Crippen molar-refractivity contribution in [2.24, 2.45) is 5.92 Å². The van der Waals surface area contributed by atoms with E-state index in [1.165, 1.54) is 32.4 Å². The molecule has 0 unspecified atom stereocenters. The first-order valence-corrected chi connectivity index (χ1v) is 5.79. The van der Waals surface area contributed by atoms with E-state index in [9.17, 15) is 0 Å². The molecule has 2 rings (SSSR count). The highest BCUT2D eigenvalue weighted by molar-refractivity contribution is 4.84. The highest BCUT2D eigenvalue weighted by atomic mass is 16.5. The largest absolute Gasteiger partial charge is 0.338 e. The lowest BCUT2D eigenvalue weighted by atomic mass is 9.94. The molecule has 0 spiro atoms. The zero-order chi connectivity index (χ0) is 10.7. The van der Waals surface area contributed by atoms with Gasteiger partial charge in [0.1, 0.15) is 0 Å². The summed E-state index contributed by atoms with van der Waals surface area (Å²) in [5, 5.41) is 3.80. The van der Waals surface area contributed by atoms with Crippen LogP contribution in [0, 0.1) is 12.8 Å². The maximum absolute atomic E-state index is 5.12. The summed E-state index contributed by atoms with van der Waals surface area (Å²) >= 11 is 0. The van der Waals surface area contributed by atoms with E-state index in [-0.39, 0.29) is 0 Å². The minimum atomic E-state index is 0.730. The molecule has 0 N–H and O–H groups in total. The van der Waals surface area contributed by atoms with Crippen molar-refractivity contribution in [3.8, 4) is 0 Å². The van der Waals surface area contributed by atoms with Crippen LogP contribution in [-0.4, -0.2) is 28.1 Å². The molecule has 1 fully saturated rings. The Bertz CT molecular complexity index is 303. The molecule has 0 bridgehead atoms. The molecule has 0 amide bonds. The van der Waals surface area contributed by atoms with E-state index in [1.807, 2.05) is 6.92 Å². The van der Waals surface area contributed by atoms with Gasteiger partial charge in [-0.05, 0) is 38.8 Å². The topological polar surface area (TPSA) is 42.2 Å². The molecule has 1 saturated heterocycles. The van der Waals surface area contributed by atoms with E-state index in [2.05, 4.69) is 22.0 Å². The van der Waals surface area contributed by atoms with Crippen molar-refractivity contribution < 1.29 is 4.52 Å². The highest BCUT2D eigenvalue weighted by Crippen LogP contribution is 2.20. The fourth-order valence-electron chi connectivity index (χ4n) is 2.15. The Morgan fingerprint density at radius 2 is 2.13 bits per heavy atom. The van der Waals surface area contributed by atoms with Crippen molar-refractivity contribution in [1.82, 2.24) is 15.0 Å². The van der Waals surface area contributed by atoms with Gasteiger partial charge < -0.3 is 4.52 Å². The van der Waals surface area contributed by atoms with Crippen molar-refractivity contribution in [3.05, 3.63) is 11.7 Å². The average Bonchev–Trinajstić information content (AvgIpc) is 2.65. The molecule has 0 atom stereocenters. The van der Waals surface area contributed by atoms with Gasteiger partial charge in [-0.2, -0.15) is 4.98 Å². The molecule has 0 saturated carbocycles. The van der Waals surface area contributed by atoms with Gasteiger partial charge in [-0.1, -0.05) is 18.5 Å². The van der Waals surface area contributed by atoms with Crippen molar-refractivity contribution in [2.45, 2.75) is 39.7 Å². The summed E-state index contributed by atoms with van der Waals surface area (Å²) in [7, 11) is 0. The number of piperidine rings is 1. The molecule has 0 aliphatic carbocycles. The van der Waals surface area contributed by atoms with Crippen LogP contribution in [0.15, 0.2) is 4.52 Å². The van der Waals surface area contributed by atoms with E-state index in [0.29, 0.717) is 0 Å². The van der Waals surface area contributed by atoms with Crippen LogP contribution >= 0.6 is 0 Å². The van der Waals surface area contributed by atoms with Gasteiger partial charge >= 0.3 is 0 Å². The minimum absolute atomic E-state index is 0.730. The first kappa shape index (κ1) is 10.6. The Kier molecular flexibility index (Phi) is 3.36. The van der Waals surface area contributed by atoms with Gasteiger partial charge in [-0.25, -0.2) is 0 Å². The molecule has 1 aliphatic rings. The van der Waals surface area contributed by atoms with E-state index >= 15 is 0 Å². The predicted molar refractivity (Wildman–Crippen MR) is 57.3 cm³/mol. The van der Waals surface area contributed by atoms with Gasteiger partial charge in [0.15, 0.2) is 5.82 Å². The first-order chi connectivity index (χ1) is 7.28. The van der Waals surface area contributed by atoms with Crippen LogP contribution < -0.4 is 0 Å². The van der Waals surface area contributed by atoms with Crippen molar-refractivity contribution in [3.63, 3.8) is 0 Å². The Morgan fingerprint density at radius 1 is 1.40 bits per heavy atom. The molecule has 84 valence electrons. The monoisotopic (exact) mass is 209 g/mol. The summed E-state index contributed by atoms with van der Waals surface area (Å²) in [4.78, 5) is 6.63. The van der Waals surface area contributed by atoms with Gasteiger partial charge in [0.05, 0.1) is 6.54 Å². The van der Waals surface area contributed by atoms with Gasteiger partial charge in [0, 0.05) is 0 Å². The van der Waals surface area contributed by atoms with E-state index in [1.54, 1.807) is 0 Å². The number of hydrogen-bond donors (Lipinski definition) is 0. The third-order valence-corrected chi connectivity index (χ3v) is 3.21. The van der Waals surface area contributed by atoms with E-state index in [0.717, 1.165) is 24.2 Å². The van der Waals surface area contributed by atoms with Crippen LogP contribution in [0.1, 0.15) is 37.9 Å². The number of likely N-dealkylation sites (tertiary alicyclic amines) is 1. The second-order valence-electron chi connectivity index (χ2n) is 4.36. The molecule has 0 aromatic carbocycles. The average molecular weight is 209 g/mol. The quantitative estimate of drug-likeness (QED) is 0.763. The van der Waals surface area contributed by atoms with Crippen LogP contribution in [-0.2, 0) is 6.54 Å². The smallest absolute Gasteiger partial charge is 0.240 e. The number of rotatable bonds is 3. The summed E-state index contributed by atoms with van der Waals surface area (Å²) < 4.78 is 5.12. The third kappa shape index (κ3) is 2.78. The van der Waals surface area contributed by atoms with Crippen LogP contribution in [0.4, 0.5) is 0 Å². The van der Waals surface area contributed by atoms with Crippen LogP contribution in [0.3, 0.4) is 0 Å². The molecule has 2 heterocycles. The lowest BCUT2D eigenvalue weighted by Crippen LogP contribution is -2.33. The van der Waals surface area contributed by atoms with Crippen molar-refractivity contribution in [2.75, 3.05) is 13.1 Å². The Balaban J connectivity index is 1.82. The van der Waals surface area contributed by atoms with Gasteiger partial charge in [-0.15, -0.1) is 0 Å². The fraction of sp³-hybridized carbons (Fsp3) is 0.818. The maximum atomic E-state index is 5.12. The van der Waals surface area contributed by atoms with Crippen molar-refractivity contribution >= 4 is 0 Å². The van der Waals surface area contributed by atoms with E-state index in [4.69, 9.17) is 4.52 Å². The standard InChI is InChI=1S/C11H19N3O/c1-3-10-4-6-14(7-5-10)8-11-12-9(2)13-15-11/h10H,3-8H2,1-2H3. The molecule has 15 heavy (non-hydrogen) atoms. The lowest BCUT2D eigenvalue weighted by molar-refractivity contribution is 0.157. The highest BCUT2D eigenvalue weighted by Gasteiger charge is 2.19. The molecule has 1 aromatic heterocycles.